The van der Waals surface area contributed by atoms with Gasteiger partial charge in [-0.3, -0.25) is 0 Å². The molecule has 0 spiro atoms. The maximum atomic E-state index is 9.69. The van der Waals surface area contributed by atoms with Crippen molar-refractivity contribution in [1.29, 1.82) is 15.8 Å². The van der Waals surface area contributed by atoms with Gasteiger partial charge in [0, 0.05) is 23.4 Å². The number of rotatable bonds is 1. The molecule has 2 atom stereocenters. The molecule has 1 heterocycles. The Labute approximate surface area is 132 Å². The molecule has 1 fully saturated rings. The predicted molar refractivity (Wildman–Crippen MR) is 83.9 cm³/mol. The van der Waals surface area contributed by atoms with Crippen molar-refractivity contribution in [2.24, 2.45) is 5.41 Å². The zero-order valence-electron chi connectivity index (χ0n) is 13.8. The Morgan fingerprint density at radius 1 is 1.05 bits per heavy atom. The number of likely N-dealkylation sites (tertiary alicyclic amines) is 1. The molecule has 2 aliphatic rings. The van der Waals surface area contributed by atoms with E-state index < -0.39 is 0 Å². The lowest BCUT2D eigenvalue weighted by atomic mass is 9.72. The van der Waals surface area contributed by atoms with E-state index in [-0.39, 0.29) is 11.0 Å². The topological polar surface area (TPSA) is 74.6 Å². The highest BCUT2D eigenvalue weighted by molar-refractivity contribution is 5.57. The smallest absolute Gasteiger partial charge is 0.134 e. The third kappa shape index (κ3) is 2.72. The summed E-state index contributed by atoms with van der Waals surface area (Å²) < 4.78 is 0. The Morgan fingerprint density at radius 2 is 1.59 bits per heavy atom. The highest BCUT2D eigenvalue weighted by atomic mass is 15.2. The Morgan fingerprint density at radius 3 is 2.05 bits per heavy atom. The summed E-state index contributed by atoms with van der Waals surface area (Å²) in [5.74, 6) is 0. The van der Waals surface area contributed by atoms with Crippen LogP contribution in [0.25, 0.3) is 0 Å². The molecule has 2 rings (SSSR count). The van der Waals surface area contributed by atoms with Gasteiger partial charge in [-0.05, 0) is 44.9 Å². The van der Waals surface area contributed by atoms with Crippen LogP contribution in [0.1, 0.15) is 53.4 Å². The van der Waals surface area contributed by atoms with Crippen molar-refractivity contribution >= 4 is 0 Å². The second-order valence-electron chi connectivity index (χ2n) is 7.21. The first-order valence-corrected chi connectivity index (χ1v) is 7.80. The lowest BCUT2D eigenvalue weighted by Crippen LogP contribution is -2.37. The van der Waals surface area contributed by atoms with E-state index in [9.17, 15) is 15.8 Å². The van der Waals surface area contributed by atoms with E-state index in [1.165, 1.54) is 0 Å². The van der Waals surface area contributed by atoms with E-state index >= 15 is 0 Å². The first-order chi connectivity index (χ1) is 10.3. The maximum Gasteiger partial charge on any atom is 0.134 e. The standard InChI is InChI=1S/C18H22N4/c1-12-5-6-13(2)22(12)17-8-18(3,4)7-15(16(17)11-21)14(9-19)10-20/h12-13H,5-8H2,1-4H3. The molecule has 1 aliphatic heterocycles. The van der Waals surface area contributed by atoms with Crippen LogP contribution in [0.5, 0.6) is 0 Å². The largest absolute Gasteiger partial charge is 0.368 e. The number of hydrogen-bond donors (Lipinski definition) is 0. The van der Waals surface area contributed by atoms with Gasteiger partial charge in [0.2, 0.25) is 0 Å². The molecule has 0 aromatic rings. The molecule has 1 aliphatic carbocycles. The normalized spacial score (nSPS) is 27.1. The molecule has 0 bridgehead atoms. The maximum absolute atomic E-state index is 9.69. The molecule has 2 unspecified atom stereocenters. The second kappa shape index (κ2) is 5.86. The highest BCUT2D eigenvalue weighted by Gasteiger charge is 2.39. The van der Waals surface area contributed by atoms with Crippen molar-refractivity contribution in [2.75, 3.05) is 0 Å². The van der Waals surface area contributed by atoms with Crippen LogP contribution in [0.2, 0.25) is 0 Å². The van der Waals surface area contributed by atoms with Gasteiger partial charge in [-0.1, -0.05) is 13.8 Å². The summed E-state index contributed by atoms with van der Waals surface area (Å²) in [7, 11) is 0. The van der Waals surface area contributed by atoms with E-state index in [0.29, 0.717) is 29.7 Å². The van der Waals surface area contributed by atoms with Gasteiger partial charge in [-0.15, -0.1) is 0 Å². The third-order valence-electron chi connectivity index (χ3n) is 4.79. The van der Waals surface area contributed by atoms with Crippen molar-refractivity contribution in [2.45, 2.75) is 65.5 Å². The van der Waals surface area contributed by atoms with Crippen molar-refractivity contribution in [3.8, 4) is 18.2 Å². The van der Waals surface area contributed by atoms with E-state index in [1.807, 2.05) is 12.1 Å². The van der Waals surface area contributed by atoms with E-state index in [4.69, 9.17) is 0 Å². The zero-order valence-corrected chi connectivity index (χ0v) is 13.8. The lowest BCUT2D eigenvalue weighted by molar-refractivity contribution is 0.222. The molecule has 1 saturated heterocycles. The number of nitrogens with zero attached hydrogens (tertiary/aromatic N) is 4. The van der Waals surface area contributed by atoms with Crippen LogP contribution in [-0.2, 0) is 0 Å². The molecular formula is C18H22N4. The van der Waals surface area contributed by atoms with Crippen LogP contribution < -0.4 is 0 Å². The molecule has 0 aromatic carbocycles. The summed E-state index contributed by atoms with van der Waals surface area (Å²) in [5.41, 5.74) is 2.24. The van der Waals surface area contributed by atoms with Gasteiger partial charge in [-0.2, -0.15) is 15.8 Å². The van der Waals surface area contributed by atoms with Crippen molar-refractivity contribution < 1.29 is 0 Å². The summed E-state index contributed by atoms with van der Waals surface area (Å²) in [4.78, 5) is 2.34. The molecule has 22 heavy (non-hydrogen) atoms. The Bertz CT molecular complexity index is 635. The van der Waals surface area contributed by atoms with Gasteiger partial charge in [0.15, 0.2) is 0 Å². The second-order valence-corrected chi connectivity index (χ2v) is 7.21. The Kier molecular flexibility index (Phi) is 4.30. The van der Waals surface area contributed by atoms with Crippen LogP contribution in [0, 0.1) is 39.4 Å². The summed E-state index contributed by atoms with van der Waals surface area (Å²) in [6, 6.07) is 7.03. The molecule has 0 aromatic heterocycles. The van der Waals surface area contributed by atoms with Crippen LogP contribution in [0.4, 0.5) is 0 Å². The van der Waals surface area contributed by atoms with E-state index in [2.05, 4.69) is 38.7 Å². The quantitative estimate of drug-likeness (QED) is 0.689. The predicted octanol–water partition coefficient (Wildman–Crippen LogP) is 3.80. The van der Waals surface area contributed by atoms with Crippen LogP contribution >= 0.6 is 0 Å². The summed E-state index contributed by atoms with van der Waals surface area (Å²) in [5, 5.41) is 28.2. The molecule has 4 nitrogen and oxygen atoms in total. The first-order valence-electron chi connectivity index (χ1n) is 7.80. The van der Waals surface area contributed by atoms with Gasteiger partial charge in [0.25, 0.3) is 0 Å². The fourth-order valence-corrected chi connectivity index (χ4v) is 3.80. The fraction of sp³-hybridized carbons (Fsp3) is 0.611. The van der Waals surface area contributed by atoms with Crippen LogP contribution in [0.3, 0.4) is 0 Å². The van der Waals surface area contributed by atoms with Crippen molar-refractivity contribution in [1.82, 2.24) is 4.90 Å². The van der Waals surface area contributed by atoms with Crippen molar-refractivity contribution in [3.05, 3.63) is 22.4 Å². The molecule has 0 N–H and O–H groups in total. The minimum Gasteiger partial charge on any atom is -0.368 e. The van der Waals surface area contributed by atoms with Gasteiger partial charge >= 0.3 is 0 Å². The number of hydrogen-bond acceptors (Lipinski definition) is 4. The van der Waals surface area contributed by atoms with Crippen LogP contribution in [-0.4, -0.2) is 17.0 Å². The number of nitriles is 3. The average molecular weight is 294 g/mol. The van der Waals surface area contributed by atoms with E-state index in [0.717, 1.165) is 25.0 Å². The Hall–Kier alpha value is -2.25. The zero-order chi connectivity index (χ0) is 16.5. The van der Waals surface area contributed by atoms with Gasteiger partial charge in [0.05, 0.1) is 5.57 Å². The highest BCUT2D eigenvalue weighted by Crippen LogP contribution is 2.46. The third-order valence-corrected chi connectivity index (χ3v) is 4.79. The summed E-state index contributed by atoms with van der Waals surface area (Å²) in [6.07, 6.45) is 3.66. The first kappa shape index (κ1) is 16.1. The van der Waals surface area contributed by atoms with Crippen molar-refractivity contribution in [3.63, 3.8) is 0 Å². The average Bonchev–Trinajstić information content (AvgIpc) is 2.78. The lowest BCUT2D eigenvalue weighted by Gasteiger charge is -2.40. The summed E-state index contributed by atoms with van der Waals surface area (Å²) >= 11 is 0. The minimum absolute atomic E-state index is 0.0496. The van der Waals surface area contributed by atoms with Gasteiger partial charge in [0.1, 0.15) is 23.8 Å². The number of allylic oxidation sites excluding steroid dienone is 4. The summed E-state index contributed by atoms with van der Waals surface area (Å²) in [6.45, 7) is 8.65. The fourth-order valence-electron chi connectivity index (χ4n) is 3.80. The van der Waals surface area contributed by atoms with Gasteiger partial charge in [-0.25, -0.2) is 0 Å². The molecule has 0 radical (unpaired) electrons. The Balaban J connectivity index is 2.67. The molecule has 0 saturated carbocycles. The molecular weight excluding hydrogens is 272 g/mol. The van der Waals surface area contributed by atoms with Gasteiger partial charge < -0.3 is 4.90 Å². The van der Waals surface area contributed by atoms with E-state index in [1.54, 1.807) is 0 Å². The minimum atomic E-state index is -0.0496. The van der Waals surface area contributed by atoms with Crippen LogP contribution in [0.15, 0.2) is 22.4 Å². The molecule has 4 heteroatoms. The molecule has 114 valence electrons. The monoisotopic (exact) mass is 294 g/mol. The SMILES string of the molecule is CC1CCC(C)N1C1=C(C#N)C(=C(C#N)C#N)CC(C)(C)C1. The molecule has 0 amide bonds.